The number of rotatable bonds is 5. The fraction of sp³-hybridized carbons (Fsp3) is 0.750. The fourth-order valence-electron chi connectivity index (χ4n) is 2.18. The van der Waals surface area contributed by atoms with Crippen molar-refractivity contribution < 1.29 is 28.5 Å². The van der Waals surface area contributed by atoms with E-state index in [9.17, 15) is 9.59 Å². The Morgan fingerprint density at radius 2 is 2.00 bits per heavy atom. The highest BCUT2D eigenvalue weighted by Gasteiger charge is 2.42. The van der Waals surface area contributed by atoms with E-state index in [-0.39, 0.29) is 6.61 Å². The molecular formula is C16H27NO6. The van der Waals surface area contributed by atoms with Crippen molar-refractivity contribution >= 4 is 12.1 Å². The summed E-state index contributed by atoms with van der Waals surface area (Å²) in [5.74, 6) is -1.26. The minimum absolute atomic E-state index is 0.249. The van der Waals surface area contributed by atoms with Gasteiger partial charge in [-0.15, -0.1) is 0 Å². The molecule has 1 heterocycles. The number of amides is 1. The summed E-state index contributed by atoms with van der Waals surface area (Å²) in [6.45, 7) is 14.0. The van der Waals surface area contributed by atoms with E-state index in [1.54, 1.807) is 34.6 Å². The summed E-state index contributed by atoms with van der Waals surface area (Å²) >= 11 is 0. The van der Waals surface area contributed by atoms with Gasteiger partial charge in [0.2, 0.25) is 0 Å². The van der Waals surface area contributed by atoms with Gasteiger partial charge in [0, 0.05) is 6.92 Å². The van der Waals surface area contributed by atoms with Crippen molar-refractivity contribution in [3.8, 4) is 0 Å². The SMILES string of the molecule is C=C[C@H](OC(C)=O)[C@H](NC(=O)OC(C)(C)C)[C@H]1COC(C)(C)O1. The molecule has 132 valence electrons. The largest absolute Gasteiger partial charge is 0.456 e. The van der Waals surface area contributed by atoms with Gasteiger partial charge in [0.1, 0.15) is 23.9 Å². The second-order valence-electron chi connectivity index (χ2n) is 6.85. The first kappa shape index (κ1) is 19.4. The number of carbonyl (C=O) groups excluding carboxylic acids is 2. The van der Waals surface area contributed by atoms with E-state index < -0.39 is 41.7 Å². The second kappa shape index (κ2) is 7.31. The smallest absolute Gasteiger partial charge is 0.408 e. The maximum Gasteiger partial charge on any atom is 0.408 e. The highest BCUT2D eigenvalue weighted by molar-refractivity contribution is 5.69. The van der Waals surface area contributed by atoms with Crippen molar-refractivity contribution in [3.63, 3.8) is 0 Å². The Kier molecular flexibility index (Phi) is 6.18. The molecule has 0 aromatic carbocycles. The molecule has 1 rings (SSSR count). The molecule has 0 saturated carbocycles. The Balaban J connectivity index is 2.89. The lowest BCUT2D eigenvalue weighted by atomic mass is 10.1. The number of hydrogen-bond donors (Lipinski definition) is 1. The van der Waals surface area contributed by atoms with E-state index in [4.69, 9.17) is 18.9 Å². The van der Waals surface area contributed by atoms with E-state index in [1.807, 2.05) is 0 Å². The highest BCUT2D eigenvalue weighted by atomic mass is 16.7. The second-order valence-corrected chi connectivity index (χ2v) is 6.85. The van der Waals surface area contributed by atoms with Crippen LogP contribution >= 0.6 is 0 Å². The zero-order chi connectivity index (χ0) is 17.8. The van der Waals surface area contributed by atoms with Gasteiger partial charge >= 0.3 is 12.1 Å². The third kappa shape index (κ3) is 6.58. The lowest BCUT2D eigenvalue weighted by Crippen LogP contribution is -2.53. The maximum atomic E-state index is 12.1. The third-order valence-corrected chi connectivity index (χ3v) is 3.00. The van der Waals surface area contributed by atoms with Gasteiger partial charge in [-0.1, -0.05) is 6.58 Å². The molecule has 0 aromatic heterocycles. The van der Waals surface area contributed by atoms with Crippen LogP contribution in [-0.4, -0.2) is 48.3 Å². The molecule has 3 atom stereocenters. The lowest BCUT2D eigenvalue weighted by Gasteiger charge is -2.30. The number of esters is 1. The van der Waals surface area contributed by atoms with Crippen LogP contribution in [0.5, 0.6) is 0 Å². The molecule has 0 aliphatic carbocycles. The van der Waals surface area contributed by atoms with Gasteiger partial charge in [-0.3, -0.25) is 4.79 Å². The molecule has 0 spiro atoms. The number of alkyl carbamates (subject to hydrolysis) is 1. The molecule has 1 aliphatic heterocycles. The van der Waals surface area contributed by atoms with Gasteiger partial charge in [0.25, 0.3) is 0 Å². The quantitative estimate of drug-likeness (QED) is 0.615. The molecule has 1 amide bonds. The van der Waals surface area contributed by atoms with Crippen molar-refractivity contribution in [3.05, 3.63) is 12.7 Å². The van der Waals surface area contributed by atoms with Gasteiger partial charge in [0.05, 0.1) is 6.61 Å². The van der Waals surface area contributed by atoms with Gasteiger partial charge in [-0.2, -0.15) is 0 Å². The first-order chi connectivity index (χ1) is 10.4. The molecule has 7 heteroatoms. The topological polar surface area (TPSA) is 83.1 Å². The predicted molar refractivity (Wildman–Crippen MR) is 83.8 cm³/mol. The van der Waals surface area contributed by atoms with Gasteiger partial charge in [0.15, 0.2) is 5.79 Å². The van der Waals surface area contributed by atoms with Crippen LogP contribution < -0.4 is 5.32 Å². The Bertz CT molecular complexity index is 454. The van der Waals surface area contributed by atoms with Crippen LogP contribution in [0.4, 0.5) is 4.79 Å². The summed E-state index contributed by atoms with van der Waals surface area (Å²) < 4.78 is 21.8. The average Bonchev–Trinajstić information content (AvgIpc) is 2.71. The number of carbonyl (C=O) groups is 2. The van der Waals surface area contributed by atoms with E-state index in [0.29, 0.717) is 0 Å². The minimum Gasteiger partial charge on any atom is -0.456 e. The monoisotopic (exact) mass is 329 g/mol. The fourth-order valence-corrected chi connectivity index (χ4v) is 2.18. The zero-order valence-corrected chi connectivity index (χ0v) is 14.7. The summed E-state index contributed by atoms with van der Waals surface area (Å²) in [5.41, 5.74) is -0.647. The molecule has 0 unspecified atom stereocenters. The Morgan fingerprint density at radius 3 is 2.39 bits per heavy atom. The van der Waals surface area contributed by atoms with Crippen molar-refractivity contribution in [2.45, 2.75) is 71.2 Å². The Morgan fingerprint density at radius 1 is 1.39 bits per heavy atom. The van der Waals surface area contributed by atoms with E-state index in [0.717, 1.165) is 0 Å². The maximum absolute atomic E-state index is 12.1. The number of hydrogen-bond acceptors (Lipinski definition) is 6. The third-order valence-electron chi connectivity index (χ3n) is 3.00. The summed E-state index contributed by atoms with van der Waals surface area (Å²) in [4.78, 5) is 23.4. The molecule has 0 aromatic rings. The average molecular weight is 329 g/mol. The van der Waals surface area contributed by atoms with Crippen molar-refractivity contribution in [2.24, 2.45) is 0 Å². The summed E-state index contributed by atoms with van der Waals surface area (Å²) in [6, 6.07) is -0.673. The normalized spacial score (nSPS) is 22.8. The molecule has 1 N–H and O–H groups in total. The van der Waals surface area contributed by atoms with E-state index >= 15 is 0 Å². The summed E-state index contributed by atoms with van der Waals surface area (Å²) in [6.07, 6.45) is -0.449. The minimum atomic E-state index is -0.777. The molecule has 1 saturated heterocycles. The van der Waals surface area contributed by atoms with Gasteiger partial charge < -0.3 is 24.3 Å². The van der Waals surface area contributed by atoms with Gasteiger partial charge in [-0.25, -0.2) is 4.79 Å². The van der Waals surface area contributed by atoms with Crippen molar-refractivity contribution in [2.75, 3.05) is 6.61 Å². The van der Waals surface area contributed by atoms with Crippen LogP contribution in [0.25, 0.3) is 0 Å². The number of nitrogens with one attached hydrogen (secondary N) is 1. The predicted octanol–water partition coefficient (Wildman–Crippen LogP) is 2.15. The Labute approximate surface area is 137 Å². The van der Waals surface area contributed by atoms with Crippen LogP contribution in [0.2, 0.25) is 0 Å². The van der Waals surface area contributed by atoms with Crippen LogP contribution in [-0.2, 0) is 23.7 Å². The number of ether oxygens (including phenoxy) is 4. The van der Waals surface area contributed by atoms with Gasteiger partial charge in [-0.05, 0) is 40.7 Å². The molecule has 0 radical (unpaired) electrons. The van der Waals surface area contributed by atoms with E-state index in [2.05, 4.69) is 11.9 Å². The molecule has 1 aliphatic rings. The molecular weight excluding hydrogens is 302 g/mol. The summed E-state index contributed by atoms with van der Waals surface area (Å²) in [5, 5.41) is 2.70. The van der Waals surface area contributed by atoms with Crippen LogP contribution in [0.15, 0.2) is 12.7 Å². The first-order valence-corrected chi connectivity index (χ1v) is 7.54. The van der Waals surface area contributed by atoms with Crippen LogP contribution in [0.3, 0.4) is 0 Å². The molecule has 23 heavy (non-hydrogen) atoms. The van der Waals surface area contributed by atoms with Crippen molar-refractivity contribution in [1.29, 1.82) is 0 Å². The molecule has 1 fully saturated rings. The Hall–Kier alpha value is -1.60. The van der Waals surface area contributed by atoms with E-state index in [1.165, 1.54) is 13.0 Å². The molecule has 0 bridgehead atoms. The summed E-state index contributed by atoms with van der Waals surface area (Å²) in [7, 11) is 0. The standard InChI is InChI=1S/C16H27NO6/c1-8-11(21-10(2)18)13(12-9-20-16(6,7)22-12)17-14(19)23-15(3,4)5/h8,11-13H,1,9H2,2-7H3,(H,17,19)/t11-,12+,13-/m0/s1. The zero-order valence-electron chi connectivity index (χ0n) is 14.7. The highest BCUT2D eigenvalue weighted by Crippen LogP contribution is 2.26. The lowest BCUT2D eigenvalue weighted by molar-refractivity contribution is -0.154. The molecule has 7 nitrogen and oxygen atoms in total. The van der Waals surface area contributed by atoms with Crippen molar-refractivity contribution in [1.82, 2.24) is 5.32 Å². The van der Waals surface area contributed by atoms with Crippen LogP contribution in [0.1, 0.15) is 41.5 Å². The first-order valence-electron chi connectivity index (χ1n) is 7.54. The van der Waals surface area contributed by atoms with Crippen LogP contribution in [0, 0.1) is 0 Å².